The van der Waals surface area contributed by atoms with E-state index in [2.05, 4.69) is 23.3 Å². The molecule has 0 bridgehead atoms. The third-order valence-corrected chi connectivity index (χ3v) is 4.09. The first-order valence-electron chi connectivity index (χ1n) is 7.44. The lowest BCUT2D eigenvalue weighted by atomic mass is 9.89. The number of hydrogen-bond donors (Lipinski definition) is 1. The Kier molecular flexibility index (Phi) is 3.72. The monoisotopic (exact) mass is 271 g/mol. The molecule has 0 atom stereocenters. The molecule has 2 aromatic heterocycles. The highest BCUT2D eigenvalue weighted by Crippen LogP contribution is 2.23. The number of pyridine rings is 1. The summed E-state index contributed by atoms with van der Waals surface area (Å²) >= 11 is 0. The summed E-state index contributed by atoms with van der Waals surface area (Å²) in [6.07, 6.45) is 9.71. The van der Waals surface area contributed by atoms with Crippen LogP contribution in [0.4, 0.5) is 0 Å². The Morgan fingerprint density at radius 1 is 1.40 bits per heavy atom. The summed E-state index contributed by atoms with van der Waals surface area (Å²) in [6, 6.07) is 4.10. The first-order chi connectivity index (χ1) is 9.72. The average Bonchev–Trinajstić information content (AvgIpc) is 2.87. The fraction of sp³-hybridized carbons (Fsp3) is 0.500. The van der Waals surface area contributed by atoms with Crippen LogP contribution in [-0.4, -0.2) is 15.3 Å². The van der Waals surface area contributed by atoms with Crippen LogP contribution in [-0.2, 0) is 11.3 Å². The Balaban J connectivity index is 1.63. The van der Waals surface area contributed by atoms with Gasteiger partial charge in [-0.05, 0) is 37.5 Å². The van der Waals surface area contributed by atoms with Crippen molar-refractivity contribution in [3.63, 3.8) is 0 Å². The summed E-state index contributed by atoms with van der Waals surface area (Å²) in [5, 5.41) is 3.03. The number of hydrogen-bond acceptors (Lipinski definition) is 2. The minimum atomic E-state index is 0.193. The first-order valence-corrected chi connectivity index (χ1v) is 7.44. The molecule has 1 fully saturated rings. The standard InChI is InChI=1S/C16H21N3O/c1-12-7-8-19-11-14(18-15(19)9-12)10-17-16(20)13-5-3-2-4-6-13/h7-9,11,13H,2-6,10H2,1H3,(H,17,20). The molecule has 2 aromatic rings. The fourth-order valence-corrected chi connectivity index (χ4v) is 2.91. The van der Waals surface area contributed by atoms with Crippen LogP contribution in [0, 0.1) is 12.8 Å². The molecule has 1 N–H and O–H groups in total. The molecule has 0 unspecified atom stereocenters. The van der Waals surface area contributed by atoms with Crippen LogP contribution in [0.25, 0.3) is 5.65 Å². The highest BCUT2D eigenvalue weighted by Gasteiger charge is 2.20. The van der Waals surface area contributed by atoms with Crippen molar-refractivity contribution in [3.05, 3.63) is 35.8 Å². The van der Waals surface area contributed by atoms with Crippen LogP contribution in [0.2, 0.25) is 0 Å². The van der Waals surface area contributed by atoms with Gasteiger partial charge in [-0.15, -0.1) is 0 Å². The topological polar surface area (TPSA) is 46.4 Å². The normalized spacial score (nSPS) is 16.4. The maximum absolute atomic E-state index is 12.1. The molecule has 3 rings (SSSR count). The van der Waals surface area contributed by atoms with Gasteiger partial charge in [0.15, 0.2) is 0 Å². The number of rotatable bonds is 3. The van der Waals surface area contributed by atoms with Crippen molar-refractivity contribution in [3.8, 4) is 0 Å². The summed E-state index contributed by atoms with van der Waals surface area (Å²) in [7, 11) is 0. The zero-order chi connectivity index (χ0) is 13.9. The van der Waals surface area contributed by atoms with Gasteiger partial charge in [0.05, 0.1) is 12.2 Å². The SMILES string of the molecule is Cc1ccn2cc(CNC(=O)C3CCCCC3)nc2c1. The Hall–Kier alpha value is -1.84. The van der Waals surface area contributed by atoms with Crippen molar-refractivity contribution in [1.82, 2.24) is 14.7 Å². The molecule has 1 amide bonds. The Morgan fingerprint density at radius 3 is 3.00 bits per heavy atom. The third kappa shape index (κ3) is 2.84. The molecule has 0 spiro atoms. The molecule has 106 valence electrons. The lowest BCUT2D eigenvalue weighted by Gasteiger charge is -2.20. The Morgan fingerprint density at radius 2 is 2.20 bits per heavy atom. The number of fused-ring (bicyclic) bond motifs is 1. The third-order valence-electron chi connectivity index (χ3n) is 4.09. The van der Waals surface area contributed by atoms with Crippen molar-refractivity contribution in [2.75, 3.05) is 0 Å². The molecular formula is C16H21N3O. The van der Waals surface area contributed by atoms with Gasteiger partial charge in [0, 0.05) is 18.3 Å². The van der Waals surface area contributed by atoms with Gasteiger partial charge in [0.25, 0.3) is 0 Å². The van der Waals surface area contributed by atoms with Gasteiger partial charge < -0.3 is 9.72 Å². The van der Waals surface area contributed by atoms with Crippen molar-refractivity contribution in [1.29, 1.82) is 0 Å². The smallest absolute Gasteiger partial charge is 0.223 e. The molecule has 1 aliphatic rings. The number of aryl methyl sites for hydroxylation is 1. The minimum Gasteiger partial charge on any atom is -0.350 e. The van der Waals surface area contributed by atoms with E-state index in [1.165, 1.54) is 24.8 Å². The van der Waals surface area contributed by atoms with Gasteiger partial charge in [0.2, 0.25) is 5.91 Å². The van der Waals surface area contributed by atoms with E-state index in [0.717, 1.165) is 24.2 Å². The molecule has 0 saturated heterocycles. The number of aromatic nitrogens is 2. The molecule has 1 saturated carbocycles. The average molecular weight is 271 g/mol. The largest absolute Gasteiger partial charge is 0.350 e. The van der Waals surface area contributed by atoms with Crippen LogP contribution in [0.15, 0.2) is 24.5 Å². The fourth-order valence-electron chi connectivity index (χ4n) is 2.91. The van der Waals surface area contributed by atoms with Gasteiger partial charge in [0.1, 0.15) is 5.65 Å². The summed E-state index contributed by atoms with van der Waals surface area (Å²) in [5.41, 5.74) is 3.05. The predicted octanol–water partition coefficient (Wildman–Crippen LogP) is 2.84. The highest BCUT2D eigenvalue weighted by molar-refractivity contribution is 5.78. The number of carbonyl (C=O) groups is 1. The van der Waals surface area contributed by atoms with Crippen LogP contribution in [0.1, 0.15) is 43.4 Å². The number of imidazole rings is 1. The predicted molar refractivity (Wildman–Crippen MR) is 78.4 cm³/mol. The Labute approximate surface area is 119 Å². The van der Waals surface area contributed by atoms with Crippen molar-refractivity contribution >= 4 is 11.6 Å². The van der Waals surface area contributed by atoms with E-state index < -0.39 is 0 Å². The van der Waals surface area contributed by atoms with Crippen molar-refractivity contribution in [2.24, 2.45) is 5.92 Å². The number of amides is 1. The number of nitrogens with one attached hydrogen (secondary N) is 1. The van der Waals surface area contributed by atoms with E-state index in [0.29, 0.717) is 6.54 Å². The zero-order valence-corrected chi connectivity index (χ0v) is 11.9. The molecule has 0 aromatic carbocycles. The van der Waals surface area contributed by atoms with Gasteiger partial charge in [-0.3, -0.25) is 4.79 Å². The Bertz CT molecular complexity index is 611. The van der Waals surface area contributed by atoms with E-state index in [-0.39, 0.29) is 11.8 Å². The molecule has 1 aliphatic carbocycles. The van der Waals surface area contributed by atoms with E-state index >= 15 is 0 Å². The molecule has 2 heterocycles. The number of carbonyl (C=O) groups excluding carboxylic acids is 1. The first kappa shape index (κ1) is 13.2. The second-order valence-corrected chi connectivity index (χ2v) is 5.75. The molecule has 4 nitrogen and oxygen atoms in total. The van der Waals surface area contributed by atoms with Crippen molar-refractivity contribution < 1.29 is 4.79 Å². The van der Waals surface area contributed by atoms with Gasteiger partial charge in [-0.1, -0.05) is 19.3 Å². The molecule has 4 heteroatoms. The second-order valence-electron chi connectivity index (χ2n) is 5.75. The maximum atomic E-state index is 12.1. The number of nitrogens with zero attached hydrogens (tertiary/aromatic N) is 2. The van der Waals surface area contributed by atoms with E-state index in [9.17, 15) is 4.79 Å². The van der Waals surface area contributed by atoms with Crippen LogP contribution in [0.3, 0.4) is 0 Å². The second kappa shape index (κ2) is 5.65. The molecular weight excluding hydrogens is 250 g/mol. The summed E-state index contributed by atoms with van der Waals surface area (Å²) in [6.45, 7) is 2.58. The minimum absolute atomic E-state index is 0.193. The molecule has 20 heavy (non-hydrogen) atoms. The van der Waals surface area contributed by atoms with Crippen LogP contribution >= 0.6 is 0 Å². The van der Waals surface area contributed by atoms with Crippen LogP contribution in [0.5, 0.6) is 0 Å². The molecule has 0 aliphatic heterocycles. The van der Waals surface area contributed by atoms with Crippen LogP contribution < -0.4 is 5.32 Å². The van der Waals surface area contributed by atoms with E-state index in [1.807, 2.05) is 22.9 Å². The van der Waals surface area contributed by atoms with E-state index in [1.54, 1.807) is 0 Å². The van der Waals surface area contributed by atoms with Gasteiger partial charge in [-0.2, -0.15) is 0 Å². The highest BCUT2D eigenvalue weighted by atomic mass is 16.1. The molecule has 0 radical (unpaired) electrons. The summed E-state index contributed by atoms with van der Waals surface area (Å²) in [4.78, 5) is 16.6. The lowest BCUT2D eigenvalue weighted by molar-refractivity contribution is -0.126. The summed E-state index contributed by atoms with van der Waals surface area (Å²) < 4.78 is 2.00. The van der Waals surface area contributed by atoms with Gasteiger partial charge >= 0.3 is 0 Å². The lowest BCUT2D eigenvalue weighted by Crippen LogP contribution is -2.31. The maximum Gasteiger partial charge on any atom is 0.223 e. The van der Waals surface area contributed by atoms with E-state index in [4.69, 9.17) is 0 Å². The summed E-state index contributed by atoms with van der Waals surface area (Å²) in [5.74, 6) is 0.404. The van der Waals surface area contributed by atoms with Gasteiger partial charge in [-0.25, -0.2) is 4.98 Å². The van der Waals surface area contributed by atoms with Crippen molar-refractivity contribution in [2.45, 2.75) is 45.6 Å². The quantitative estimate of drug-likeness (QED) is 0.933. The zero-order valence-electron chi connectivity index (χ0n) is 11.9.